The second kappa shape index (κ2) is 2.99. The molecule has 1 heterocycles. The van der Waals surface area contributed by atoms with Crippen LogP contribution in [0.4, 0.5) is 4.39 Å². The van der Waals surface area contributed by atoms with Crippen molar-refractivity contribution in [3.8, 4) is 0 Å². The number of hydrogen-bond acceptors (Lipinski definition) is 1. The average Bonchev–Trinajstić information content (AvgIpc) is 2.69. The molecular weight excluding hydrogens is 153 g/mol. The SMILES string of the molecule is C[C@@]1(F)CCCN(CC2CC2)C1. The van der Waals surface area contributed by atoms with Crippen LogP contribution < -0.4 is 0 Å². The van der Waals surface area contributed by atoms with E-state index in [1.54, 1.807) is 6.92 Å². The number of nitrogens with zero attached hydrogens (tertiary/aromatic N) is 1. The van der Waals surface area contributed by atoms with Gasteiger partial charge in [-0.25, -0.2) is 4.39 Å². The summed E-state index contributed by atoms with van der Waals surface area (Å²) in [5, 5.41) is 0. The standard InChI is InChI=1S/C10H18FN/c1-10(11)5-2-6-12(8-10)7-9-3-4-9/h9H,2-8H2,1H3/t10-/m1/s1. The van der Waals surface area contributed by atoms with E-state index in [2.05, 4.69) is 4.90 Å². The number of hydrogen-bond donors (Lipinski definition) is 0. The molecule has 0 aromatic carbocycles. The molecule has 1 aliphatic heterocycles. The molecule has 0 radical (unpaired) electrons. The highest BCUT2D eigenvalue weighted by atomic mass is 19.1. The van der Waals surface area contributed by atoms with Crippen molar-refractivity contribution in [3.05, 3.63) is 0 Å². The van der Waals surface area contributed by atoms with Gasteiger partial charge in [0.1, 0.15) is 5.67 Å². The summed E-state index contributed by atoms with van der Waals surface area (Å²) in [6.45, 7) is 4.69. The fourth-order valence-corrected chi connectivity index (χ4v) is 2.12. The van der Waals surface area contributed by atoms with Crippen LogP contribution in [0.3, 0.4) is 0 Å². The zero-order valence-corrected chi connectivity index (χ0v) is 7.85. The van der Waals surface area contributed by atoms with Gasteiger partial charge in [0.25, 0.3) is 0 Å². The van der Waals surface area contributed by atoms with Crippen molar-refractivity contribution in [2.24, 2.45) is 5.92 Å². The van der Waals surface area contributed by atoms with E-state index >= 15 is 0 Å². The largest absolute Gasteiger partial charge is 0.300 e. The molecule has 0 aromatic rings. The predicted octanol–water partition coefficient (Wildman–Crippen LogP) is 2.22. The molecule has 2 fully saturated rings. The van der Waals surface area contributed by atoms with Gasteiger partial charge in [-0.15, -0.1) is 0 Å². The first-order chi connectivity index (χ1) is 5.66. The fraction of sp³-hybridized carbons (Fsp3) is 1.00. The lowest BCUT2D eigenvalue weighted by Gasteiger charge is -2.35. The van der Waals surface area contributed by atoms with Crippen molar-refractivity contribution in [3.63, 3.8) is 0 Å². The van der Waals surface area contributed by atoms with Crippen LogP contribution >= 0.6 is 0 Å². The lowest BCUT2D eigenvalue weighted by molar-refractivity contribution is 0.0580. The van der Waals surface area contributed by atoms with Gasteiger partial charge in [0.05, 0.1) is 0 Å². The highest BCUT2D eigenvalue weighted by Gasteiger charge is 2.33. The minimum absolute atomic E-state index is 0.670. The normalized spacial score (nSPS) is 38.5. The third-order valence-electron chi connectivity index (χ3n) is 2.94. The zero-order chi connectivity index (χ0) is 8.60. The Labute approximate surface area is 73.9 Å². The fourth-order valence-electron chi connectivity index (χ4n) is 2.12. The second-order valence-corrected chi connectivity index (χ2v) is 4.70. The van der Waals surface area contributed by atoms with Crippen molar-refractivity contribution in [2.75, 3.05) is 19.6 Å². The molecule has 12 heavy (non-hydrogen) atoms. The number of halogens is 1. The van der Waals surface area contributed by atoms with E-state index in [4.69, 9.17) is 0 Å². The van der Waals surface area contributed by atoms with E-state index in [0.717, 1.165) is 31.8 Å². The van der Waals surface area contributed by atoms with Gasteiger partial charge in [0.15, 0.2) is 0 Å². The van der Waals surface area contributed by atoms with Gasteiger partial charge in [-0.05, 0) is 45.1 Å². The Kier molecular flexibility index (Phi) is 2.11. The molecule has 0 aromatic heterocycles. The molecule has 1 aliphatic carbocycles. The van der Waals surface area contributed by atoms with E-state index in [1.807, 2.05) is 0 Å². The monoisotopic (exact) mass is 171 g/mol. The molecule has 0 spiro atoms. The molecular formula is C10H18FN. The second-order valence-electron chi connectivity index (χ2n) is 4.70. The van der Waals surface area contributed by atoms with Crippen LogP contribution in [0.25, 0.3) is 0 Å². The molecule has 2 rings (SSSR count). The predicted molar refractivity (Wildman–Crippen MR) is 47.9 cm³/mol. The topological polar surface area (TPSA) is 3.24 Å². The van der Waals surface area contributed by atoms with Crippen molar-refractivity contribution < 1.29 is 4.39 Å². The van der Waals surface area contributed by atoms with Gasteiger partial charge < -0.3 is 0 Å². The number of piperidine rings is 1. The summed E-state index contributed by atoms with van der Waals surface area (Å²) in [5.74, 6) is 0.902. The maximum Gasteiger partial charge on any atom is 0.120 e. The van der Waals surface area contributed by atoms with Crippen molar-refractivity contribution in [1.82, 2.24) is 4.90 Å². The molecule has 2 aliphatic rings. The molecule has 1 nitrogen and oxygen atoms in total. The van der Waals surface area contributed by atoms with Crippen LogP contribution in [0, 0.1) is 5.92 Å². The quantitative estimate of drug-likeness (QED) is 0.615. The zero-order valence-electron chi connectivity index (χ0n) is 7.85. The van der Waals surface area contributed by atoms with Crippen molar-refractivity contribution in [2.45, 2.75) is 38.3 Å². The van der Waals surface area contributed by atoms with Crippen LogP contribution in [0.5, 0.6) is 0 Å². The number of rotatable bonds is 2. The summed E-state index contributed by atoms with van der Waals surface area (Å²) in [4.78, 5) is 2.31. The Hall–Kier alpha value is -0.110. The minimum atomic E-state index is -0.910. The Morgan fingerprint density at radius 3 is 2.83 bits per heavy atom. The highest BCUT2D eigenvalue weighted by molar-refractivity contribution is 4.86. The summed E-state index contributed by atoms with van der Waals surface area (Å²) in [6, 6.07) is 0. The summed E-state index contributed by atoms with van der Waals surface area (Å²) in [5.41, 5.74) is -0.910. The third kappa shape index (κ3) is 2.19. The van der Waals surface area contributed by atoms with Gasteiger partial charge in [0.2, 0.25) is 0 Å². The van der Waals surface area contributed by atoms with E-state index in [0.29, 0.717) is 6.54 Å². The molecule has 2 heteroatoms. The van der Waals surface area contributed by atoms with Gasteiger partial charge in [-0.3, -0.25) is 4.90 Å². The lowest BCUT2D eigenvalue weighted by atomic mass is 9.97. The van der Waals surface area contributed by atoms with E-state index in [9.17, 15) is 4.39 Å². The van der Waals surface area contributed by atoms with Crippen LogP contribution in [0.2, 0.25) is 0 Å². The lowest BCUT2D eigenvalue weighted by Crippen LogP contribution is -2.44. The first-order valence-electron chi connectivity index (χ1n) is 5.07. The van der Waals surface area contributed by atoms with Gasteiger partial charge in [-0.1, -0.05) is 0 Å². The minimum Gasteiger partial charge on any atom is -0.300 e. The van der Waals surface area contributed by atoms with Crippen LogP contribution in [0.1, 0.15) is 32.6 Å². The smallest absolute Gasteiger partial charge is 0.120 e. The molecule has 1 saturated carbocycles. The summed E-state index contributed by atoms with van der Waals surface area (Å²) >= 11 is 0. The molecule has 1 atom stereocenters. The Balaban J connectivity index is 1.81. The molecule has 0 bridgehead atoms. The first kappa shape index (κ1) is 8.49. The summed E-state index contributed by atoms with van der Waals surface area (Å²) in [7, 11) is 0. The van der Waals surface area contributed by atoms with E-state index in [1.165, 1.54) is 12.8 Å². The summed E-state index contributed by atoms with van der Waals surface area (Å²) < 4.78 is 13.6. The van der Waals surface area contributed by atoms with Crippen LogP contribution in [-0.4, -0.2) is 30.2 Å². The van der Waals surface area contributed by atoms with Crippen LogP contribution in [-0.2, 0) is 0 Å². The highest BCUT2D eigenvalue weighted by Crippen LogP contribution is 2.32. The van der Waals surface area contributed by atoms with Crippen molar-refractivity contribution >= 4 is 0 Å². The Morgan fingerprint density at radius 1 is 1.50 bits per heavy atom. The molecule has 0 unspecified atom stereocenters. The number of alkyl halides is 1. The van der Waals surface area contributed by atoms with Crippen molar-refractivity contribution in [1.29, 1.82) is 0 Å². The Morgan fingerprint density at radius 2 is 2.25 bits per heavy atom. The van der Waals surface area contributed by atoms with E-state index < -0.39 is 5.67 Å². The average molecular weight is 171 g/mol. The van der Waals surface area contributed by atoms with Gasteiger partial charge in [-0.2, -0.15) is 0 Å². The van der Waals surface area contributed by atoms with Gasteiger partial charge in [0, 0.05) is 13.1 Å². The van der Waals surface area contributed by atoms with Crippen LogP contribution in [0.15, 0.2) is 0 Å². The maximum atomic E-state index is 13.6. The Bertz CT molecular complexity index is 163. The summed E-state index contributed by atoms with van der Waals surface area (Å²) in [6.07, 6.45) is 4.55. The molecule has 0 amide bonds. The molecule has 0 N–H and O–H groups in total. The molecule has 70 valence electrons. The first-order valence-corrected chi connectivity index (χ1v) is 5.07. The third-order valence-corrected chi connectivity index (χ3v) is 2.94. The molecule has 1 saturated heterocycles. The number of likely N-dealkylation sites (tertiary alicyclic amines) is 1. The van der Waals surface area contributed by atoms with E-state index in [-0.39, 0.29) is 0 Å². The maximum absolute atomic E-state index is 13.6. The van der Waals surface area contributed by atoms with Gasteiger partial charge >= 0.3 is 0 Å².